The van der Waals surface area contributed by atoms with Gasteiger partial charge in [0.2, 0.25) is 5.91 Å². The number of carbonyl (C=O) groups is 1. The van der Waals surface area contributed by atoms with Gasteiger partial charge in [0.25, 0.3) is 0 Å². The van der Waals surface area contributed by atoms with Crippen LogP contribution in [0, 0.1) is 29.0 Å². The Morgan fingerprint density at radius 3 is 2.26 bits per heavy atom. The summed E-state index contributed by atoms with van der Waals surface area (Å²) in [6.07, 6.45) is 7.07. The number of thiazole rings is 1. The van der Waals surface area contributed by atoms with E-state index in [1.54, 1.807) is 6.07 Å². The second-order valence-electron chi connectivity index (χ2n) is 9.76. The Morgan fingerprint density at radius 2 is 1.71 bits per heavy atom. The maximum absolute atomic E-state index is 14.3. The molecular weight excluding hydrogens is 433 g/mol. The maximum atomic E-state index is 14.3. The lowest BCUT2D eigenvalue weighted by Crippen LogP contribution is -2.55. The van der Waals surface area contributed by atoms with E-state index in [0.29, 0.717) is 17.2 Å². The SMILES string of the molecule is CCN(CC)CCN(C(=O)C12CC3CC(CC(C3)C1)C2)c1nc2c(F)cccc2s1.Cl. The van der Waals surface area contributed by atoms with E-state index in [0.717, 1.165) is 61.4 Å². The maximum Gasteiger partial charge on any atom is 0.235 e. The Kier molecular flexibility index (Phi) is 6.62. The fourth-order valence-electron chi connectivity index (χ4n) is 6.74. The number of nitrogens with zero attached hydrogens (tertiary/aromatic N) is 3. The van der Waals surface area contributed by atoms with Crippen molar-refractivity contribution in [3.63, 3.8) is 0 Å². The van der Waals surface area contributed by atoms with Crippen molar-refractivity contribution < 1.29 is 9.18 Å². The highest BCUT2D eigenvalue weighted by Crippen LogP contribution is 2.60. The molecule has 4 bridgehead atoms. The van der Waals surface area contributed by atoms with Crippen LogP contribution in [0.25, 0.3) is 10.2 Å². The number of aromatic nitrogens is 1. The minimum absolute atomic E-state index is 0. The second-order valence-corrected chi connectivity index (χ2v) is 10.8. The molecule has 0 saturated heterocycles. The number of carbonyl (C=O) groups excluding carboxylic acids is 1. The molecular formula is C24H33ClFN3OS. The van der Waals surface area contributed by atoms with Crippen molar-refractivity contribution in [2.24, 2.45) is 23.2 Å². The van der Waals surface area contributed by atoms with Crippen LogP contribution in [0.1, 0.15) is 52.4 Å². The molecule has 4 aliphatic carbocycles. The van der Waals surface area contributed by atoms with Crippen LogP contribution in [-0.4, -0.2) is 42.0 Å². The van der Waals surface area contributed by atoms with Crippen molar-refractivity contribution in [1.82, 2.24) is 9.88 Å². The van der Waals surface area contributed by atoms with Gasteiger partial charge in [-0.3, -0.25) is 9.69 Å². The summed E-state index contributed by atoms with van der Waals surface area (Å²) in [5.41, 5.74) is 0.178. The molecule has 4 saturated carbocycles. The molecule has 0 atom stereocenters. The third kappa shape index (κ3) is 4.11. The van der Waals surface area contributed by atoms with E-state index in [9.17, 15) is 9.18 Å². The van der Waals surface area contributed by atoms with E-state index in [1.807, 2.05) is 11.0 Å². The topological polar surface area (TPSA) is 36.4 Å². The summed E-state index contributed by atoms with van der Waals surface area (Å²) in [5.74, 6) is 2.11. The molecule has 7 heteroatoms. The number of para-hydroxylation sites is 1. The summed E-state index contributed by atoms with van der Waals surface area (Å²) in [5, 5.41) is 0.669. The lowest BCUT2D eigenvalue weighted by Gasteiger charge is -2.56. The van der Waals surface area contributed by atoms with E-state index < -0.39 is 0 Å². The smallest absolute Gasteiger partial charge is 0.235 e. The third-order valence-electron chi connectivity index (χ3n) is 7.86. The van der Waals surface area contributed by atoms with Crippen LogP contribution in [0.15, 0.2) is 18.2 Å². The minimum atomic E-state index is -0.305. The van der Waals surface area contributed by atoms with Crippen LogP contribution < -0.4 is 4.90 Å². The normalized spacial score (nSPS) is 28.8. The van der Waals surface area contributed by atoms with Crippen molar-refractivity contribution in [1.29, 1.82) is 0 Å². The van der Waals surface area contributed by atoms with Gasteiger partial charge < -0.3 is 4.90 Å². The molecule has 0 aliphatic heterocycles. The molecule has 1 aromatic carbocycles. The number of amides is 1. The van der Waals surface area contributed by atoms with E-state index in [4.69, 9.17) is 0 Å². The first-order chi connectivity index (χ1) is 14.5. The predicted octanol–water partition coefficient (Wildman–Crippen LogP) is 5.75. The molecule has 0 radical (unpaired) electrons. The summed E-state index contributed by atoms with van der Waals surface area (Å²) < 4.78 is 15.1. The number of hydrogen-bond donors (Lipinski definition) is 0. The molecule has 1 aromatic heterocycles. The van der Waals surface area contributed by atoms with Gasteiger partial charge in [0, 0.05) is 13.1 Å². The quantitative estimate of drug-likeness (QED) is 0.522. The summed E-state index contributed by atoms with van der Waals surface area (Å²) in [4.78, 5) is 23.0. The van der Waals surface area contributed by atoms with Crippen molar-refractivity contribution in [2.75, 3.05) is 31.1 Å². The first-order valence-corrected chi connectivity index (χ1v) is 12.4. The fraction of sp³-hybridized carbons (Fsp3) is 0.667. The van der Waals surface area contributed by atoms with Crippen LogP contribution >= 0.6 is 23.7 Å². The molecule has 1 heterocycles. The third-order valence-corrected chi connectivity index (χ3v) is 8.90. The zero-order valence-corrected chi connectivity index (χ0v) is 20.1. The van der Waals surface area contributed by atoms with Crippen molar-refractivity contribution in [3.05, 3.63) is 24.0 Å². The molecule has 1 amide bonds. The molecule has 4 aliphatic rings. The van der Waals surface area contributed by atoms with Gasteiger partial charge in [0.1, 0.15) is 11.3 Å². The van der Waals surface area contributed by atoms with Crippen LogP contribution in [0.4, 0.5) is 9.52 Å². The second kappa shape index (κ2) is 8.95. The zero-order valence-electron chi connectivity index (χ0n) is 18.5. The molecule has 4 nitrogen and oxygen atoms in total. The minimum Gasteiger partial charge on any atom is -0.302 e. The largest absolute Gasteiger partial charge is 0.302 e. The summed E-state index contributed by atoms with van der Waals surface area (Å²) >= 11 is 1.45. The monoisotopic (exact) mass is 465 g/mol. The average Bonchev–Trinajstić information content (AvgIpc) is 3.15. The van der Waals surface area contributed by atoms with E-state index >= 15 is 0 Å². The lowest BCUT2D eigenvalue weighted by molar-refractivity contribution is -0.143. The van der Waals surface area contributed by atoms with Gasteiger partial charge in [0.05, 0.1) is 10.1 Å². The van der Waals surface area contributed by atoms with Crippen LogP contribution in [0.5, 0.6) is 0 Å². The van der Waals surface area contributed by atoms with Crippen molar-refractivity contribution in [2.45, 2.75) is 52.4 Å². The number of benzene rings is 1. The lowest BCUT2D eigenvalue weighted by atomic mass is 9.49. The highest BCUT2D eigenvalue weighted by atomic mass is 35.5. The van der Waals surface area contributed by atoms with Crippen molar-refractivity contribution >= 4 is 45.0 Å². The number of fused-ring (bicyclic) bond motifs is 1. The average molecular weight is 466 g/mol. The zero-order chi connectivity index (χ0) is 20.9. The Hall–Kier alpha value is -1.24. The highest BCUT2D eigenvalue weighted by Gasteiger charge is 2.56. The van der Waals surface area contributed by atoms with E-state index in [-0.39, 0.29) is 29.5 Å². The van der Waals surface area contributed by atoms with E-state index in [2.05, 4.69) is 23.7 Å². The van der Waals surface area contributed by atoms with Crippen LogP contribution in [0.2, 0.25) is 0 Å². The molecule has 31 heavy (non-hydrogen) atoms. The van der Waals surface area contributed by atoms with Gasteiger partial charge in [-0.1, -0.05) is 31.3 Å². The van der Waals surface area contributed by atoms with Gasteiger partial charge in [-0.15, -0.1) is 12.4 Å². The van der Waals surface area contributed by atoms with Gasteiger partial charge >= 0.3 is 0 Å². The Bertz CT molecular complexity index is 909. The fourth-order valence-corrected chi connectivity index (χ4v) is 7.75. The number of likely N-dealkylation sites (N-methyl/N-ethyl adjacent to an activating group) is 1. The number of rotatable bonds is 7. The molecule has 170 valence electrons. The van der Waals surface area contributed by atoms with E-state index in [1.165, 1.54) is 36.7 Å². The summed E-state index contributed by atoms with van der Waals surface area (Å²) in [7, 11) is 0. The molecule has 0 spiro atoms. The van der Waals surface area contributed by atoms with Gasteiger partial charge in [0.15, 0.2) is 5.13 Å². The van der Waals surface area contributed by atoms with Crippen molar-refractivity contribution in [3.8, 4) is 0 Å². The standard InChI is InChI=1S/C24H32FN3OS.ClH/c1-3-27(4-2)8-9-28(23-26-21-19(25)6-5-7-20(21)30-23)22(29)24-13-16-10-17(14-24)12-18(11-16)15-24;/h5-7,16-18H,3-4,8-15H2,1-2H3;1H. The van der Waals surface area contributed by atoms with Crippen LogP contribution in [0.3, 0.4) is 0 Å². The predicted molar refractivity (Wildman–Crippen MR) is 128 cm³/mol. The molecule has 6 rings (SSSR count). The summed E-state index contributed by atoms with van der Waals surface area (Å²) in [6, 6.07) is 5.07. The van der Waals surface area contributed by atoms with Gasteiger partial charge in [-0.05, 0) is 81.5 Å². The molecule has 2 aromatic rings. The summed E-state index contributed by atoms with van der Waals surface area (Å²) in [6.45, 7) is 7.69. The van der Waals surface area contributed by atoms with Gasteiger partial charge in [-0.2, -0.15) is 0 Å². The number of anilines is 1. The number of hydrogen-bond acceptors (Lipinski definition) is 4. The Balaban J connectivity index is 0.00000231. The first kappa shape index (κ1) is 22.9. The number of halogens is 2. The highest BCUT2D eigenvalue weighted by molar-refractivity contribution is 7.22. The Morgan fingerprint density at radius 1 is 1.10 bits per heavy atom. The Labute approximate surface area is 194 Å². The van der Waals surface area contributed by atoms with Crippen LogP contribution in [-0.2, 0) is 4.79 Å². The first-order valence-electron chi connectivity index (χ1n) is 11.6. The van der Waals surface area contributed by atoms with Gasteiger partial charge in [-0.25, -0.2) is 9.37 Å². The molecule has 0 N–H and O–H groups in total. The molecule has 0 unspecified atom stereocenters. The molecule has 4 fully saturated rings.